The Labute approximate surface area is 104 Å². The van der Waals surface area contributed by atoms with Crippen molar-refractivity contribution in [1.29, 1.82) is 0 Å². The predicted molar refractivity (Wildman–Crippen MR) is 68.1 cm³/mol. The van der Waals surface area contributed by atoms with E-state index in [1.54, 1.807) is 0 Å². The zero-order chi connectivity index (χ0) is 11.8. The Morgan fingerprint density at radius 1 is 1.38 bits per heavy atom. The normalized spacial score (nSPS) is 10.1. The summed E-state index contributed by atoms with van der Waals surface area (Å²) in [6, 6.07) is 7.54. The average Bonchev–Trinajstić information content (AvgIpc) is 2.29. The molecule has 1 aromatic carbocycles. The second kappa shape index (κ2) is 7.41. The lowest BCUT2D eigenvalue weighted by atomic mass is 10.1. The van der Waals surface area contributed by atoms with E-state index in [2.05, 4.69) is 21.2 Å². The molecule has 0 saturated carbocycles. The molecule has 0 aliphatic carbocycles. The van der Waals surface area contributed by atoms with Gasteiger partial charge in [0.1, 0.15) is 0 Å². The van der Waals surface area contributed by atoms with E-state index in [9.17, 15) is 4.79 Å². The first-order valence-electron chi connectivity index (χ1n) is 5.23. The third kappa shape index (κ3) is 4.33. The largest absolute Gasteiger partial charge is 0.379 e. The van der Waals surface area contributed by atoms with Crippen LogP contribution < -0.4 is 5.32 Å². The minimum Gasteiger partial charge on any atom is -0.379 e. The number of halogens is 1. The molecule has 1 amide bonds. The molecule has 0 fully saturated rings. The molecular formula is C12H16BrNO2. The first-order chi connectivity index (χ1) is 7.75. The van der Waals surface area contributed by atoms with Gasteiger partial charge in [0, 0.05) is 17.4 Å². The highest BCUT2D eigenvalue weighted by atomic mass is 79.9. The number of aryl methyl sites for hydroxylation is 1. The van der Waals surface area contributed by atoms with Gasteiger partial charge in [-0.3, -0.25) is 4.79 Å². The van der Waals surface area contributed by atoms with Crippen LogP contribution in [0.5, 0.6) is 0 Å². The summed E-state index contributed by atoms with van der Waals surface area (Å²) in [4.78, 5) is 11.7. The van der Waals surface area contributed by atoms with Crippen molar-refractivity contribution in [3.05, 3.63) is 35.4 Å². The van der Waals surface area contributed by atoms with Crippen LogP contribution in [0.25, 0.3) is 0 Å². The van der Waals surface area contributed by atoms with Crippen molar-refractivity contribution in [2.45, 2.75) is 6.92 Å². The van der Waals surface area contributed by atoms with E-state index in [0.29, 0.717) is 19.8 Å². The lowest BCUT2D eigenvalue weighted by molar-refractivity contribution is 0.0923. The van der Waals surface area contributed by atoms with Crippen LogP contribution in [0.4, 0.5) is 0 Å². The summed E-state index contributed by atoms with van der Waals surface area (Å²) in [6.07, 6.45) is 0. The summed E-state index contributed by atoms with van der Waals surface area (Å²) in [7, 11) is 0. The van der Waals surface area contributed by atoms with E-state index in [-0.39, 0.29) is 5.91 Å². The van der Waals surface area contributed by atoms with Crippen LogP contribution in [0, 0.1) is 6.92 Å². The summed E-state index contributed by atoms with van der Waals surface area (Å²) >= 11 is 3.26. The van der Waals surface area contributed by atoms with E-state index < -0.39 is 0 Å². The number of hydrogen-bond donors (Lipinski definition) is 1. The van der Waals surface area contributed by atoms with E-state index in [1.807, 2.05) is 31.2 Å². The zero-order valence-electron chi connectivity index (χ0n) is 9.33. The molecular weight excluding hydrogens is 270 g/mol. The first kappa shape index (κ1) is 13.2. The molecule has 1 rings (SSSR count). The van der Waals surface area contributed by atoms with Crippen LogP contribution in [0.15, 0.2) is 24.3 Å². The molecule has 1 N–H and O–H groups in total. The van der Waals surface area contributed by atoms with E-state index >= 15 is 0 Å². The van der Waals surface area contributed by atoms with Crippen LogP contribution in [0.1, 0.15) is 15.9 Å². The van der Waals surface area contributed by atoms with E-state index in [0.717, 1.165) is 16.5 Å². The SMILES string of the molecule is Cc1ccccc1C(=O)NCCOCCBr. The number of hydrogen-bond acceptors (Lipinski definition) is 2. The lowest BCUT2D eigenvalue weighted by Gasteiger charge is -2.07. The van der Waals surface area contributed by atoms with E-state index in [4.69, 9.17) is 4.74 Å². The Balaban J connectivity index is 2.33. The zero-order valence-corrected chi connectivity index (χ0v) is 10.9. The van der Waals surface area contributed by atoms with Crippen LogP contribution in [-0.4, -0.2) is 31.0 Å². The lowest BCUT2D eigenvalue weighted by Crippen LogP contribution is -2.28. The fourth-order valence-corrected chi connectivity index (χ4v) is 1.55. The van der Waals surface area contributed by atoms with Crippen molar-refractivity contribution in [3.8, 4) is 0 Å². The summed E-state index contributed by atoms with van der Waals surface area (Å²) in [5.74, 6) is -0.0412. The van der Waals surface area contributed by atoms with E-state index in [1.165, 1.54) is 0 Å². The summed E-state index contributed by atoms with van der Waals surface area (Å²) in [5, 5.41) is 3.64. The van der Waals surface area contributed by atoms with Gasteiger partial charge in [-0.1, -0.05) is 34.1 Å². The highest BCUT2D eigenvalue weighted by molar-refractivity contribution is 9.09. The molecule has 4 heteroatoms. The van der Waals surface area contributed by atoms with Crippen LogP contribution in [0.3, 0.4) is 0 Å². The fraction of sp³-hybridized carbons (Fsp3) is 0.417. The third-order valence-electron chi connectivity index (χ3n) is 2.14. The van der Waals surface area contributed by atoms with Crippen molar-refractivity contribution < 1.29 is 9.53 Å². The van der Waals surface area contributed by atoms with Gasteiger partial charge in [0.05, 0.1) is 13.2 Å². The molecule has 0 saturated heterocycles. The first-order valence-corrected chi connectivity index (χ1v) is 6.35. The van der Waals surface area contributed by atoms with Gasteiger partial charge < -0.3 is 10.1 Å². The number of carbonyl (C=O) groups is 1. The maximum atomic E-state index is 11.7. The van der Waals surface area contributed by atoms with Gasteiger partial charge in [0.25, 0.3) is 5.91 Å². The van der Waals surface area contributed by atoms with Crippen LogP contribution >= 0.6 is 15.9 Å². The van der Waals surface area contributed by atoms with Gasteiger partial charge >= 0.3 is 0 Å². The fourth-order valence-electron chi connectivity index (χ4n) is 1.32. The number of rotatable bonds is 6. The second-order valence-electron chi connectivity index (χ2n) is 3.37. The topological polar surface area (TPSA) is 38.3 Å². The third-order valence-corrected chi connectivity index (χ3v) is 2.47. The molecule has 0 aromatic heterocycles. The molecule has 0 unspecified atom stereocenters. The van der Waals surface area contributed by atoms with Crippen LogP contribution in [0.2, 0.25) is 0 Å². The number of carbonyl (C=O) groups excluding carboxylic acids is 1. The molecule has 0 spiro atoms. The smallest absolute Gasteiger partial charge is 0.251 e. The average molecular weight is 286 g/mol. The number of nitrogens with one attached hydrogen (secondary N) is 1. The van der Waals surface area contributed by atoms with Crippen LogP contribution in [-0.2, 0) is 4.74 Å². The van der Waals surface area contributed by atoms with Gasteiger partial charge in [-0.2, -0.15) is 0 Å². The van der Waals surface area contributed by atoms with Crippen molar-refractivity contribution >= 4 is 21.8 Å². The van der Waals surface area contributed by atoms with Crippen molar-refractivity contribution in [2.75, 3.05) is 25.1 Å². The minimum atomic E-state index is -0.0412. The number of benzene rings is 1. The quantitative estimate of drug-likeness (QED) is 0.642. The second-order valence-corrected chi connectivity index (χ2v) is 4.17. The predicted octanol–water partition coefficient (Wildman–Crippen LogP) is 2.14. The minimum absolute atomic E-state index is 0.0412. The Bertz CT molecular complexity index is 342. The molecule has 1 aromatic rings. The van der Waals surface area contributed by atoms with Gasteiger partial charge in [0.15, 0.2) is 0 Å². The highest BCUT2D eigenvalue weighted by Crippen LogP contribution is 2.05. The number of amides is 1. The maximum Gasteiger partial charge on any atom is 0.251 e. The molecule has 88 valence electrons. The maximum absolute atomic E-state index is 11.7. The van der Waals surface area contributed by atoms with Gasteiger partial charge in [-0.15, -0.1) is 0 Å². The molecule has 0 radical (unpaired) electrons. The molecule has 0 aliphatic rings. The number of alkyl halides is 1. The van der Waals surface area contributed by atoms with Crippen molar-refractivity contribution in [2.24, 2.45) is 0 Å². The van der Waals surface area contributed by atoms with Gasteiger partial charge in [0.2, 0.25) is 0 Å². The molecule has 0 heterocycles. The molecule has 3 nitrogen and oxygen atoms in total. The Morgan fingerprint density at radius 2 is 2.12 bits per heavy atom. The standard InChI is InChI=1S/C12H16BrNO2/c1-10-4-2-3-5-11(10)12(15)14-7-9-16-8-6-13/h2-5H,6-9H2,1H3,(H,14,15). The Kier molecular flexibility index (Phi) is 6.11. The highest BCUT2D eigenvalue weighted by Gasteiger charge is 2.06. The summed E-state index contributed by atoms with van der Waals surface area (Å²) in [6.45, 7) is 3.68. The molecule has 0 bridgehead atoms. The van der Waals surface area contributed by atoms with Gasteiger partial charge in [-0.05, 0) is 18.6 Å². The molecule has 16 heavy (non-hydrogen) atoms. The molecule has 0 aliphatic heterocycles. The number of ether oxygens (including phenoxy) is 1. The Hall–Kier alpha value is -0.870. The molecule has 0 atom stereocenters. The van der Waals surface area contributed by atoms with Crippen molar-refractivity contribution in [3.63, 3.8) is 0 Å². The van der Waals surface area contributed by atoms with Crippen molar-refractivity contribution in [1.82, 2.24) is 5.32 Å². The monoisotopic (exact) mass is 285 g/mol. The van der Waals surface area contributed by atoms with Gasteiger partial charge in [-0.25, -0.2) is 0 Å². The summed E-state index contributed by atoms with van der Waals surface area (Å²) in [5.41, 5.74) is 1.71. The Morgan fingerprint density at radius 3 is 2.81 bits per heavy atom. The summed E-state index contributed by atoms with van der Waals surface area (Å²) < 4.78 is 5.24.